The number of esters is 2. The van der Waals surface area contributed by atoms with Crippen LogP contribution in [0.5, 0.6) is 0 Å². The summed E-state index contributed by atoms with van der Waals surface area (Å²) in [6.45, 7) is 7.05. The van der Waals surface area contributed by atoms with E-state index < -0.39 is 17.4 Å². The summed E-state index contributed by atoms with van der Waals surface area (Å²) in [4.78, 5) is 36.3. The van der Waals surface area contributed by atoms with E-state index >= 15 is 0 Å². The molecule has 27 heavy (non-hydrogen) atoms. The fourth-order valence-corrected chi connectivity index (χ4v) is 3.47. The number of Topliss-reactive ketones (excluding diaryl/α,β-unsaturated/α-hetero) is 1. The second kappa shape index (κ2) is 17.7. The maximum atomic E-state index is 12.6. The van der Waals surface area contributed by atoms with Crippen LogP contribution in [0.1, 0.15) is 118 Å². The number of unbranched alkanes of at least 4 members (excludes halogenated alkanes) is 10. The van der Waals surface area contributed by atoms with Gasteiger partial charge in [0, 0.05) is 6.92 Å². The van der Waals surface area contributed by atoms with Crippen LogP contribution in [0, 0.1) is 5.41 Å². The molecular weight excluding hydrogens is 447 g/mol. The molecule has 0 saturated carbocycles. The van der Waals surface area contributed by atoms with Gasteiger partial charge in [-0.15, -0.1) is 0 Å². The Morgan fingerprint density at radius 2 is 1.04 bits per heavy atom. The van der Waals surface area contributed by atoms with Gasteiger partial charge in [0.05, 0.1) is 0 Å². The molecule has 0 fully saturated rings. The molecule has 0 saturated heterocycles. The minimum atomic E-state index is -1.14. The van der Waals surface area contributed by atoms with Crippen LogP contribution in [0.3, 0.4) is 0 Å². The third kappa shape index (κ3) is 12.6. The zero-order valence-electron chi connectivity index (χ0n) is 18.2. The van der Waals surface area contributed by atoms with Crippen LogP contribution >= 0.6 is 0 Å². The summed E-state index contributed by atoms with van der Waals surface area (Å²) in [7, 11) is 0. The summed E-state index contributed by atoms with van der Waals surface area (Å²) in [5.41, 5.74) is -1.14. The molecule has 0 unspecified atom stereocenters. The van der Waals surface area contributed by atoms with Crippen molar-refractivity contribution in [3.05, 3.63) is 0 Å². The summed E-state index contributed by atoms with van der Waals surface area (Å²) in [6, 6.07) is 0. The van der Waals surface area contributed by atoms with Gasteiger partial charge in [-0.25, -0.2) is 0 Å². The van der Waals surface area contributed by atoms with Gasteiger partial charge in [0.15, 0.2) is 0 Å². The van der Waals surface area contributed by atoms with Crippen molar-refractivity contribution in [2.24, 2.45) is 5.41 Å². The quantitative estimate of drug-likeness (QED) is 0.129. The molecule has 0 aromatic carbocycles. The Morgan fingerprint density at radius 1 is 0.667 bits per heavy atom. The summed E-state index contributed by atoms with van der Waals surface area (Å²) in [5.74, 6) is -1.43. The standard InChI is InChI=1S/C22H40O4.Sn.2H/c1-5-7-9-11-13-15-17-22(19(3)23,21(25)26-20(4)24)18-16-14-12-10-8-6-2;;;/h5-18H2,1-4H3;;;. The van der Waals surface area contributed by atoms with Gasteiger partial charge in [-0.05, 0) is 19.8 Å². The molecule has 0 atom stereocenters. The van der Waals surface area contributed by atoms with E-state index in [2.05, 4.69) is 13.8 Å². The molecule has 0 spiro atoms. The predicted octanol–water partition coefficient (Wildman–Crippen LogP) is 5.24. The van der Waals surface area contributed by atoms with Crippen LogP contribution in [0.15, 0.2) is 0 Å². The van der Waals surface area contributed by atoms with E-state index in [1.54, 1.807) is 0 Å². The number of ketones is 1. The Morgan fingerprint density at radius 3 is 1.37 bits per heavy atom. The summed E-state index contributed by atoms with van der Waals surface area (Å²) in [6.07, 6.45) is 14.1. The van der Waals surface area contributed by atoms with E-state index in [9.17, 15) is 14.4 Å². The summed E-state index contributed by atoms with van der Waals surface area (Å²) < 4.78 is 4.87. The van der Waals surface area contributed by atoms with Crippen molar-refractivity contribution in [2.75, 3.05) is 0 Å². The molecular formula is C22H42O4Sn. The van der Waals surface area contributed by atoms with Crippen molar-refractivity contribution in [2.45, 2.75) is 118 Å². The first kappa shape index (κ1) is 28.8. The number of hydrogen-bond acceptors (Lipinski definition) is 4. The van der Waals surface area contributed by atoms with Gasteiger partial charge < -0.3 is 4.74 Å². The van der Waals surface area contributed by atoms with Gasteiger partial charge in [-0.2, -0.15) is 0 Å². The number of carbonyl (C=O) groups excluding carboxylic acids is 3. The summed E-state index contributed by atoms with van der Waals surface area (Å²) >= 11 is 0. The van der Waals surface area contributed by atoms with Crippen LogP contribution < -0.4 is 0 Å². The van der Waals surface area contributed by atoms with Gasteiger partial charge in [0.1, 0.15) is 11.2 Å². The predicted molar refractivity (Wildman–Crippen MR) is 114 cm³/mol. The fraction of sp³-hybridized carbons (Fsp3) is 0.864. The van der Waals surface area contributed by atoms with Gasteiger partial charge in [0.25, 0.3) is 0 Å². The molecule has 0 aromatic heterocycles. The van der Waals surface area contributed by atoms with Crippen LogP contribution in [0.4, 0.5) is 0 Å². The van der Waals surface area contributed by atoms with Crippen molar-refractivity contribution in [3.63, 3.8) is 0 Å². The molecule has 0 aliphatic carbocycles. The zero-order valence-corrected chi connectivity index (χ0v) is 22.3. The molecule has 0 amide bonds. The Kier molecular flexibility index (Phi) is 18.9. The molecule has 0 bridgehead atoms. The van der Waals surface area contributed by atoms with Gasteiger partial charge in [-0.1, -0.05) is 90.9 Å². The number of hydrogen-bond donors (Lipinski definition) is 0. The fourth-order valence-electron chi connectivity index (χ4n) is 3.47. The molecule has 5 heteroatoms. The van der Waals surface area contributed by atoms with Crippen molar-refractivity contribution in [1.29, 1.82) is 0 Å². The average molecular weight is 489 g/mol. The average Bonchev–Trinajstić information content (AvgIpc) is 2.58. The first-order valence-electron chi connectivity index (χ1n) is 10.6. The first-order chi connectivity index (χ1) is 12.4. The van der Waals surface area contributed by atoms with E-state index in [-0.39, 0.29) is 29.7 Å². The third-order valence-electron chi connectivity index (χ3n) is 5.22. The van der Waals surface area contributed by atoms with Crippen molar-refractivity contribution < 1.29 is 19.1 Å². The molecule has 158 valence electrons. The number of ether oxygens (including phenoxy) is 1. The molecule has 0 rings (SSSR count). The minimum absolute atomic E-state index is 0. The van der Waals surface area contributed by atoms with E-state index in [4.69, 9.17) is 4.74 Å². The van der Waals surface area contributed by atoms with E-state index in [0.29, 0.717) is 12.8 Å². The number of carbonyl (C=O) groups is 3. The van der Waals surface area contributed by atoms with E-state index in [1.165, 1.54) is 52.4 Å². The molecule has 4 nitrogen and oxygen atoms in total. The molecule has 2 radical (unpaired) electrons. The second-order valence-electron chi connectivity index (χ2n) is 7.55. The normalized spacial score (nSPS) is 11.0. The molecule has 0 heterocycles. The van der Waals surface area contributed by atoms with E-state index in [1.807, 2.05) is 0 Å². The second-order valence-corrected chi connectivity index (χ2v) is 7.55. The molecule has 0 aliphatic heterocycles. The van der Waals surface area contributed by atoms with Gasteiger partial charge in [0.2, 0.25) is 0 Å². The maximum absolute atomic E-state index is 12.6. The van der Waals surface area contributed by atoms with E-state index in [0.717, 1.165) is 38.5 Å². The van der Waals surface area contributed by atoms with Crippen molar-refractivity contribution in [1.82, 2.24) is 0 Å². The SMILES string of the molecule is CCCCCCCCC(CCCCCCCC)(C(C)=O)C(=O)OC(C)=O.[SnH2]. The monoisotopic (exact) mass is 490 g/mol. The number of rotatable bonds is 16. The Bertz CT molecular complexity index is 405. The Balaban J connectivity index is 0. The molecule has 0 aliphatic rings. The van der Waals surface area contributed by atoms with Gasteiger partial charge in [-0.3, -0.25) is 14.4 Å². The van der Waals surface area contributed by atoms with Crippen LogP contribution in [-0.2, 0) is 19.1 Å². The first-order valence-corrected chi connectivity index (χ1v) is 10.6. The summed E-state index contributed by atoms with van der Waals surface area (Å²) in [5, 5.41) is 0. The third-order valence-corrected chi connectivity index (χ3v) is 5.22. The van der Waals surface area contributed by atoms with Crippen LogP contribution in [-0.4, -0.2) is 41.6 Å². The molecule has 0 aromatic rings. The topological polar surface area (TPSA) is 60.4 Å². The van der Waals surface area contributed by atoms with Crippen LogP contribution in [0.25, 0.3) is 0 Å². The Labute approximate surface area is 183 Å². The Hall–Kier alpha value is -0.391. The van der Waals surface area contributed by atoms with Crippen molar-refractivity contribution >= 4 is 41.6 Å². The van der Waals surface area contributed by atoms with Crippen molar-refractivity contribution in [3.8, 4) is 0 Å². The van der Waals surface area contributed by atoms with Crippen LogP contribution in [0.2, 0.25) is 0 Å². The molecule has 0 N–H and O–H groups in total. The van der Waals surface area contributed by atoms with Gasteiger partial charge >= 0.3 is 35.8 Å². The zero-order chi connectivity index (χ0) is 19.8.